The molecule has 0 unspecified atom stereocenters. The van der Waals surface area contributed by atoms with Gasteiger partial charge in [0.25, 0.3) is 0 Å². The van der Waals surface area contributed by atoms with Gasteiger partial charge in [-0.05, 0) is 13.3 Å². The van der Waals surface area contributed by atoms with Crippen molar-refractivity contribution in [3.63, 3.8) is 0 Å². The summed E-state index contributed by atoms with van der Waals surface area (Å²) in [5.74, 6) is 0.0617. The van der Waals surface area contributed by atoms with Gasteiger partial charge in [0.05, 0.1) is 26.4 Å². The minimum Gasteiger partial charge on any atom is -0.382 e. The first-order chi connectivity index (χ1) is 9.16. The molecule has 0 aromatic heterocycles. The molecule has 0 bridgehead atoms. The third-order valence-corrected chi connectivity index (χ3v) is 2.12. The summed E-state index contributed by atoms with van der Waals surface area (Å²) in [4.78, 5) is 21.9. The fourth-order valence-electron chi connectivity index (χ4n) is 1.21. The summed E-state index contributed by atoms with van der Waals surface area (Å²) in [5, 5.41) is 0. The van der Waals surface area contributed by atoms with Crippen LogP contribution in [-0.4, -0.2) is 64.9 Å². The van der Waals surface area contributed by atoms with Gasteiger partial charge in [0.1, 0.15) is 13.2 Å². The summed E-state index contributed by atoms with van der Waals surface area (Å²) in [6.07, 6.45) is 1.11. The Morgan fingerprint density at radius 3 is 2.16 bits per heavy atom. The van der Waals surface area contributed by atoms with Crippen LogP contribution in [0.3, 0.4) is 0 Å². The molecule has 0 heterocycles. The number of carbonyl (C=O) groups excluding carboxylic acids is 2. The first-order valence-electron chi connectivity index (χ1n) is 6.40. The second-order valence-electron chi connectivity index (χ2n) is 4.05. The number of carbonyl (C=O) groups is 2. The fourth-order valence-corrected chi connectivity index (χ4v) is 1.21. The lowest BCUT2D eigenvalue weighted by Crippen LogP contribution is -2.13. The SMILES string of the molecule is COCCOCC(=O)CCCOCCOCC(C)=O. The van der Waals surface area contributed by atoms with Crippen molar-refractivity contribution in [2.45, 2.75) is 19.8 Å². The van der Waals surface area contributed by atoms with E-state index in [0.717, 1.165) is 0 Å². The second kappa shape index (κ2) is 13.6. The summed E-state index contributed by atoms with van der Waals surface area (Å²) >= 11 is 0. The summed E-state index contributed by atoms with van der Waals surface area (Å²) in [5.41, 5.74) is 0. The topological polar surface area (TPSA) is 71.1 Å². The monoisotopic (exact) mass is 276 g/mol. The highest BCUT2D eigenvalue weighted by atomic mass is 16.5. The Labute approximate surface area is 114 Å². The van der Waals surface area contributed by atoms with Crippen LogP contribution < -0.4 is 0 Å². The quantitative estimate of drug-likeness (QED) is 0.433. The first kappa shape index (κ1) is 18.2. The van der Waals surface area contributed by atoms with Gasteiger partial charge < -0.3 is 18.9 Å². The maximum Gasteiger partial charge on any atom is 0.158 e. The van der Waals surface area contributed by atoms with Crippen molar-refractivity contribution in [3.8, 4) is 0 Å². The molecule has 0 atom stereocenters. The number of ether oxygens (including phenoxy) is 4. The average molecular weight is 276 g/mol. The number of hydrogen-bond acceptors (Lipinski definition) is 6. The Morgan fingerprint density at radius 1 is 0.842 bits per heavy atom. The van der Waals surface area contributed by atoms with E-state index in [4.69, 9.17) is 18.9 Å². The molecule has 6 heteroatoms. The van der Waals surface area contributed by atoms with Gasteiger partial charge in [0.2, 0.25) is 0 Å². The Hall–Kier alpha value is -0.820. The van der Waals surface area contributed by atoms with Crippen molar-refractivity contribution in [1.29, 1.82) is 0 Å². The van der Waals surface area contributed by atoms with Crippen LogP contribution in [-0.2, 0) is 28.5 Å². The van der Waals surface area contributed by atoms with Gasteiger partial charge in [-0.3, -0.25) is 9.59 Å². The van der Waals surface area contributed by atoms with E-state index in [-0.39, 0.29) is 24.8 Å². The van der Waals surface area contributed by atoms with E-state index in [1.54, 1.807) is 7.11 Å². The van der Waals surface area contributed by atoms with E-state index >= 15 is 0 Å². The highest BCUT2D eigenvalue weighted by Gasteiger charge is 2.02. The van der Waals surface area contributed by atoms with E-state index in [1.807, 2.05) is 0 Å². The summed E-state index contributed by atoms with van der Waals surface area (Å²) in [6, 6.07) is 0. The molecule has 6 nitrogen and oxygen atoms in total. The molecule has 0 aromatic carbocycles. The zero-order valence-corrected chi connectivity index (χ0v) is 11.8. The summed E-state index contributed by atoms with van der Waals surface area (Å²) in [7, 11) is 1.59. The van der Waals surface area contributed by atoms with E-state index in [1.165, 1.54) is 6.92 Å². The molecular formula is C13H24O6. The van der Waals surface area contributed by atoms with Crippen molar-refractivity contribution in [2.75, 3.05) is 53.4 Å². The van der Waals surface area contributed by atoms with Crippen LogP contribution in [0.4, 0.5) is 0 Å². The molecule has 0 spiro atoms. The maximum absolute atomic E-state index is 11.3. The molecule has 0 saturated carbocycles. The van der Waals surface area contributed by atoms with Gasteiger partial charge in [-0.25, -0.2) is 0 Å². The predicted octanol–water partition coefficient (Wildman–Crippen LogP) is 0.621. The average Bonchev–Trinajstić information content (AvgIpc) is 2.37. The summed E-state index contributed by atoms with van der Waals surface area (Å²) < 4.78 is 20.2. The van der Waals surface area contributed by atoms with Crippen molar-refractivity contribution in [1.82, 2.24) is 0 Å². The molecule has 0 aliphatic carbocycles. The standard InChI is InChI=1S/C13H24O6/c1-12(14)10-18-9-8-17-5-3-4-13(15)11-19-7-6-16-2/h3-11H2,1-2H3. The van der Waals surface area contributed by atoms with Crippen LogP contribution in [0.25, 0.3) is 0 Å². The highest BCUT2D eigenvalue weighted by Crippen LogP contribution is 1.93. The lowest BCUT2D eigenvalue weighted by Gasteiger charge is -2.05. The minimum absolute atomic E-state index is 0.000861. The zero-order chi connectivity index (χ0) is 14.3. The van der Waals surface area contributed by atoms with Crippen LogP contribution >= 0.6 is 0 Å². The van der Waals surface area contributed by atoms with E-state index in [9.17, 15) is 9.59 Å². The van der Waals surface area contributed by atoms with Crippen molar-refractivity contribution in [2.24, 2.45) is 0 Å². The number of hydrogen-bond donors (Lipinski definition) is 0. The molecule has 0 saturated heterocycles. The summed E-state index contributed by atoms with van der Waals surface area (Å²) in [6.45, 7) is 4.00. The molecule has 0 rings (SSSR count). The third kappa shape index (κ3) is 15.1. The molecule has 0 aliphatic rings. The van der Waals surface area contributed by atoms with E-state index in [0.29, 0.717) is 45.9 Å². The molecule has 0 fully saturated rings. The normalized spacial score (nSPS) is 10.6. The van der Waals surface area contributed by atoms with E-state index < -0.39 is 0 Å². The number of methoxy groups -OCH3 is 1. The van der Waals surface area contributed by atoms with Crippen LogP contribution in [0.5, 0.6) is 0 Å². The van der Waals surface area contributed by atoms with Gasteiger partial charge in [0, 0.05) is 20.1 Å². The van der Waals surface area contributed by atoms with Gasteiger partial charge in [-0.15, -0.1) is 0 Å². The minimum atomic E-state index is -0.000861. The van der Waals surface area contributed by atoms with Crippen LogP contribution in [0, 0.1) is 0 Å². The van der Waals surface area contributed by atoms with Crippen molar-refractivity contribution in [3.05, 3.63) is 0 Å². The largest absolute Gasteiger partial charge is 0.382 e. The van der Waals surface area contributed by atoms with E-state index in [2.05, 4.69) is 0 Å². The van der Waals surface area contributed by atoms with Crippen LogP contribution in [0.2, 0.25) is 0 Å². The Kier molecular flexibility index (Phi) is 13.0. The predicted molar refractivity (Wildman–Crippen MR) is 69.3 cm³/mol. The van der Waals surface area contributed by atoms with Gasteiger partial charge in [-0.1, -0.05) is 0 Å². The van der Waals surface area contributed by atoms with Gasteiger partial charge >= 0.3 is 0 Å². The molecule has 112 valence electrons. The molecule has 0 amide bonds. The van der Waals surface area contributed by atoms with Gasteiger partial charge in [-0.2, -0.15) is 0 Å². The Morgan fingerprint density at radius 2 is 1.47 bits per heavy atom. The molecule has 0 aromatic rings. The fraction of sp³-hybridized carbons (Fsp3) is 0.846. The Bertz CT molecular complexity index is 241. The van der Waals surface area contributed by atoms with Crippen molar-refractivity contribution < 1.29 is 28.5 Å². The third-order valence-electron chi connectivity index (χ3n) is 2.12. The van der Waals surface area contributed by atoms with Crippen LogP contribution in [0.15, 0.2) is 0 Å². The van der Waals surface area contributed by atoms with Crippen LogP contribution in [0.1, 0.15) is 19.8 Å². The first-order valence-corrected chi connectivity index (χ1v) is 6.40. The molecular weight excluding hydrogens is 252 g/mol. The van der Waals surface area contributed by atoms with Crippen molar-refractivity contribution >= 4 is 11.6 Å². The molecule has 0 N–H and O–H groups in total. The zero-order valence-electron chi connectivity index (χ0n) is 11.8. The molecule has 19 heavy (non-hydrogen) atoms. The number of rotatable bonds is 14. The maximum atomic E-state index is 11.3. The number of ketones is 2. The lowest BCUT2D eigenvalue weighted by atomic mass is 10.2. The highest BCUT2D eigenvalue weighted by molar-refractivity contribution is 5.79. The Balaban J connectivity index is 3.16. The number of Topliss-reactive ketones (excluding diaryl/α,β-unsaturated/α-hetero) is 2. The lowest BCUT2D eigenvalue weighted by molar-refractivity contribution is -0.124. The molecule has 0 radical (unpaired) electrons. The molecule has 0 aliphatic heterocycles. The second-order valence-corrected chi connectivity index (χ2v) is 4.05. The van der Waals surface area contributed by atoms with Gasteiger partial charge in [0.15, 0.2) is 11.6 Å². The smallest absolute Gasteiger partial charge is 0.158 e.